The molecule has 1 aliphatic rings. The Balaban J connectivity index is 1.59. The van der Waals surface area contributed by atoms with Crippen LogP contribution in [0.1, 0.15) is 58.4 Å². The van der Waals surface area contributed by atoms with E-state index in [4.69, 9.17) is 4.74 Å². The van der Waals surface area contributed by atoms with Crippen LogP contribution in [0.15, 0.2) is 60.7 Å². The first kappa shape index (κ1) is 41.1. The maximum absolute atomic E-state index is 15.9. The molecule has 0 N–H and O–H groups in total. The minimum Gasteiger partial charge on any atom is -0.457 e. The van der Waals surface area contributed by atoms with Crippen LogP contribution in [0.25, 0.3) is 0 Å². The number of fused-ring (bicyclic) bond motifs is 2. The summed E-state index contributed by atoms with van der Waals surface area (Å²) in [6.45, 7) is 12.7. The van der Waals surface area contributed by atoms with Crippen molar-refractivity contribution in [3.8, 4) is 11.5 Å². The molecule has 1 heterocycles. The van der Waals surface area contributed by atoms with Crippen LogP contribution >= 0.6 is 7.92 Å². The molecule has 1 aliphatic heterocycles. The zero-order chi connectivity index (χ0) is 42.4. The molecule has 6 aromatic carbocycles. The van der Waals surface area contributed by atoms with Gasteiger partial charge in [0.15, 0.2) is 58.2 Å². The minimum atomic E-state index is -2.81. The van der Waals surface area contributed by atoms with Gasteiger partial charge in [-0.25, -0.2) is 43.9 Å². The SMILES string of the molecule is Cc1cc(C)c(P(c2cccc3c2Oc2c(B(c4c(F)c(F)c(F)c(F)c4F)c4c(F)c(F)c(F)c(F)c4F)cccc2C3(C)C)c2c(C)cc(C)cc2C)c(C)c1. The third kappa shape index (κ3) is 6.21. The smallest absolute Gasteiger partial charge is 0.261 e. The van der Waals surface area contributed by atoms with Gasteiger partial charge in [-0.05, 0) is 87.8 Å². The van der Waals surface area contributed by atoms with E-state index in [9.17, 15) is 26.3 Å². The van der Waals surface area contributed by atoms with Crippen molar-refractivity contribution in [2.75, 3.05) is 0 Å². The Kier molecular flexibility index (Phi) is 10.4. The lowest BCUT2D eigenvalue weighted by atomic mass is 9.35. The van der Waals surface area contributed by atoms with Gasteiger partial charge in [-0.1, -0.05) is 85.6 Å². The second kappa shape index (κ2) is 14.6. The summed E-state index contributed by atoms with van der Waals surface area (Å²) < 4.78 is 159. The Bertz CT molecular complexity index is 2500. The van der Waals surface area contributed by atoms with Crippen LogP contribution < -0.4 is 37.0 Å². The lowest BCUT2D eigenvalue weighted by molar-refractivity contribution is 0.382. The van der Waals surface area contributed by atoms with E-state index in [-0.39, 0.29) is 17.1 Å². The van der Waals surface area contributed by atoms with Crippen LogP contribution in [0.4, 0.5) is 43.9 Å². The van der Waals surface area contributed by atoms with Crippen molar-refractivity contribution in [3.05, 3.63) is 163 Å². The van der Waals surface area contributed by atoms with Crippen molar-refractivity contribution >= 4 is 46.9 Å². The molecule has 58 heavy (non-hydrogen) atoms. The number of rotatable bonds is 6. The molecule has 0 unspecified atom stereocenters. The molecule has 0 aromatic heterocycles. The molecule has 0 atom stereocenters. The van der Waals surface area contributed by atoms with Crippen LogP contribution in [-0.2, 0) is 5.41 Å². The Morgan fingerprint density at radius 1 is 0.466 bits per heavy atom. The molecule has 0 aliphatic carbocycles. The van der Waals surface area contributed by atoms with Crippen molar-refractivity contribution in [2.24, 2.45) is 0 Å². The maximum atomic E-state index is 15.9. The highest BCUT2D eigenvalue weighted by Gasteiger charge is 2.45. The van der Waals surface area contributed by atoms with E-state index < -0.39 is 94.6 Å². The molecule has 0 bridgehead atoms. The van der Waals surface area contributed by atoms with E-state index >= 15 is 17.6 Å². The zero-order valence-electron chi connectivity index (χ0n) is 32.5. The first-order valence-corrected chi connectivity index (χ1v) is 19.5. The first-order chi connectivity index (χ1) is 27.2. The molecule has 0 amide bonds. The number of para-hydroxylation sites is 2. The van der Waals surface area contributed by atoms with Gasteiger partial charge in [0.2, 0.25) is 0 Å². The number of hydrogen-bond acceptors (Lipinski definition) is 1. The molecule has 0 spiro atoms. The summed E-state index contributed by atoms with van der Waals surface area (Å²) >= 11 is 0. The Hall–Kier alpha value is -5.09. The van der Waals surface area contributed by atoms with Gasteiger partial charge in [0.05, 0.1) is 0 Å². The summed E-state index contributed by atoms with van der Waals surface area (Å²) in [4.78, 5) is 0. The third-order valence-corrected chi connectivity index (χ3v) is 14.1. The molecule has 7 rings (SSSR count). The van der Waals surface area contributed by atoms with Crippen molar-refractivity contribution < 1.29 is 48.6 Å². The van der Waals surface area contributed by atoms with Gasteiger partial charge in [-0.2, -0.15) is 0 Å². The average Bonchev–Trinajstić information content (AvgIpc) is 3.15. The van der Waals surface area contributed by atoms with Crippen molar-refractivity contribution in [1.82, 2.24) is 0 Å². The van der Waals surface area contributed by atoms with E-state index in [2.05, 4.69) is 24.3 Å². The maximum Gasteiger partial charge on any atom is 0.261 e. The van der Waals surface area contributed by atoms with Gasteiger partial charge in [-0.3, -0.25) is 0 Å². The lowest BCUT2D eigenvalue weighted by Crippen LogP contribution is -2.58. The lowest BCUT2D eigenvalue weighted by Gasteiger charge is -2.39. The standard InChI is InChI=1S/C45H34BF10OP/c1-19-15-21(3)43(22(4)16-19)58(44-23(5)17-20(2)18-24(44)6)28-14-10-12-26-42(28)57-41-25(45(26,7)8)11-9-13-27(41)46(29-31(47)35(51)39(55)36(52)32(29)48)30-33(49)37(53)40(56)38(54)34(30)50/h9-18H,1-8H3. The normalized spacial score (nSPS) is 13.1. The molecule has 6 aromatic rings. The van der Waals surface area contributed by atoms with Crippen molar-refractivity contribution in [3.63, 3.8) is 0 Å². The second-order valence-electron chi connectivity index (χ2n) is 15.3. The quantitative estimate of drug-likeness (QED) is 0.0535. The summed E-state index contributed by atoms with van der Waals surface area (Å²) in [6.07, 6.45) is 0. The molecule has 1 nitrogen and oxygen atoms in total. The topological polar surface area (TPSA) is 9.23 Å². The van der Waals surface area contributed by atoms with E-state index in [0.29, 0.717) is 10.9 Å². The van der Waals surface area contributed by atoms with Crippen LogP contribution in [-0.4, -0.2) is 6.71 Å². The van der Waals surface area contributed by atoms with Crippen LogP contribution in [0, 0.1) is 99.7 Å². The monoisotopic (exact) mass is 822 g/mol. The van der Waals surface area contributed by atoms with Crippen LogP contribution in [0.3, 0.4) is 0 Å². The third-order valence-electron chi connectivity index (χ3n) is 10.9. The summed E-state index contributed by atoms with van der Waals surface area (Å²) in [5.74, 6) is -25.3. The highest BCUT2D eigenvalue weighted by Crippen LogP contribution is 2.51. The summed E-state index contributed by atoms with van der Waals surface area (Å²) in [5.41, 5.74) is 1.45. The highest BCUT2D eigenvalue weighted by molar-refractivity contribution is 7.80. The average molecular weight is 823 g/mol. The molecule has 0 fully saturated rings. The first-order valence-electron chi connectivity index (χ1n) is 18.1. The number of hydrogen-bond donors (Lipinski definition) is 0. The van der Waals surface area contributed by atoms with E-state index in [1.165, 1.54) is 12.1 Å². The fourth-order valence-electron chi connectivity index (χ4n) is 8.54. The molecule has 0 saturated carbocycles. The van der Waals surface area contributed by atoms with Crippen molar-refractivity contribution in [1.29, 1.82) is 0 Å². The molecule has 0 saturated heterocycles. The summed E-state index contributed by atoms with van der Waals surface area (Å²) in [7, 11) is -1.50. The second-order valence-corrected chi connectivity index (χ2v) is 17.4. The van der Waals surface area contributed by atoms with Crippen LogP contribution in [0.5, 0.6) is 11.5 Å². The highest BCUT2D eigenvalue weighted by atomic mass is 31.1. The van der Waals surface area contributed by atoms with Gasteiger partial charge in [0.1, 0.15) is 11.5 Å². The molecule has 0 radical (unpaired) electrons. The van der Waals surface area contributed by atoms with Crippen LogP contribution in [0.2, 0.25) is 0 Å². The fourth-order valence-corrected chi connectivity index (χ4v) is 11.5. The Morgan fingerprint density at radius 3 is 1.21 bits per heavy atom. The van der Waals surface area contributed by atoms with Gasteiger partial charge >= 0.3 is 0 Å². The van der Waals surface area contributed by atoms with Gasteiger partial charge in [0.25, 0.3) is 6.71 Å². The number of aryl methyl sites for hydroxylation is 6. The Morgan fingerprint density at radius 2 is 0.810 bits per heavy atom. The molecule has 298 valence electrons. The number of halogens is 10. The zero-order valence-corrected chi connectivity index (χ0v) is 33.4. The number of benzene rings is 6. The molecular formula is C45H34BF10OP. The summed E-state index contributed by atoms with van der Waals surface area (Å²) in [5, 5.41) is 2.67. The predicted molar refractivity (Wildman–Crippen MR) is 209 cm³/mol. The van der Waals surface area contributed by atoms with E-state index in [0.717, 1.165) is 50.1 Å². The molecular weight excluding hydrogens is 788 g/mol. The van der Waals surface area contributed by atoms with Crippen molar-refractivity contribution in [2.45, 2.75) is 60.8 Å². The summed E-state index contributed by atoms with van der Waals surface area (Å²) in [6, 6.07) is 17.6. The van der Waals surface area contributed by atoms with Gasteiger partial charge in [-0.15, -0.1) is 0 Å². The van der Waals surface area contributed by atoms with E-state index in [1.807, 2.05) is 53.7 Å². The fraction of sp³-hybridized carbons (Fsp3) is 0.200. The van der Waals surface area contributed by atoms with Gasteiger partial charge in [0, 0.05) is 32.8 Å². The Labute approximate surface area is 330 Å². The van der Waals surface area contributed by atoms with Gasteiger partial charge < -0.3 is 4.74 Å². The largest absolute Gasteiger partial charge is 0.457 e. The number of ether oxygens (including phenoxy) is 1. The molecule has 13 heteroatoms. The van der Waals surface area contributed by atoms with E-state index in [1.54, 1.807) is 19.9 Å². The minimum absolute atomic E-state index is 0.238. The predicted octanol–water partition coefficient (Wildman–Crippen LogP) is 9.63.